The van der Waals surface area contributed by atoms with Gasteiger partial charge in [-0.2, -0.15) is 0 Å². The zero-order chi connectivity index (χ0) is 10.1. The van der Waals surface area contributed by atoms with E-state index in [0.717, 1.165) is 21.9 Å². The average molecular weight is 207 g/mol. The molecule has 0 bridgehead atoms. The van der Waals surface area contributed by atoms with Crippen molar-refractivity contribution in [3.8, 4) is 0 Å². The first-order chi connectivity index (χ1) is 6.77. The molecule has 0 unspecified atom stereocenters. The third-order valence-electron chi connectivity index (χ3n) is 2.14. The highest BCUT2D eigenvalue weighted by Crippen LogP contribution is 2.34. The van der Waals surface area contributed by atoms with Crippen molar-refractivity contribution < 1.29 is 9.90 Å². The lowest BCUT2D eigenvalue weighted by molar-refractivity contribution is 0.112. The summed E-state index contributed by atoms with van der Waals surface area (Å²) in [6.07, 6.45) is 0.751. The van der Waals surface area contributed by atoms with Crippen molar-refractivity contribution in [1.82, 2.24) is 0 Å². The third kappa shape index (κ3) is 1.20. The van der Waals surface area contributed by atoms with Crippen molar-refractivity contribution in [3.05, 3.63) is 28.6 Å². The van der Waals surface area contributed by atoms with Gasteiger partial charge in [-0.25, -0.2) is 0 Å². The van der Waals surface area contributed by atoms with Gasteiger partial charge in [0.25, 0.3) is 0 Å². The van der Waals surface area contributed by atoms with Crippen LogP contribution in [0.25, 0.3) is 10.1 Å². The quantitative estimate of drug-likeness (QED) is 0.738. The summed E-state index contributed by atoms with van der Waals surface area (Å²) in [7, 11) is 0. The van der Waals surface area contributed by atoms with Gasteiger partial charge >= 0.3 is 0 Å². The zero-order valence-corrected chi connectivity index (χ0v) is 8.17. The van der Waals surface area contributed by atoms with E-state index in [1.165, 1.54) is 11.3 Å². The number of aliphatic hydroxyl groups excluding tert-OH is 1. The Morgan fingerprint density at radius 2 is 2.29 bits per heavy atom. The number of rotatable bonds is 2. The monoisotopic (exact) mass is 207 g/mol. The molecule has 0 aliphatic rings. The largest absolute Gasteiger partial charge is 0.397 e. The van der Waals surface area contributed by atoms with E-state index >= 15 is 0 Å². The van der Waals surface area contributed by atoms with Gasteiger partial charge in [-0.1, -0.05) is 18.2 Å². The Morgan fingerprint density at radius 3 is 2.93 bits per heavy atom. The lowest BCUT2D eigenvalue weighted by Crippen LogP contribution is -1.87. The molecule has 2 aromatic rings. The summed E-state index contributed by atoms with van der Waals surface area (Å²) >= 11 is 1.32. The van der Waals surface area contributed by atoms with Gasteiger partial charge in [0.1, 0.15) is 0 Å². The number of benzene rings is 1. The van der Waals surface area contributed by atoms with E-state index in [1.54, 1.807) is 0 Å². The number of anilines is 1. The second-order valence-electron chi connectivity index (χ2n) is 2.95. The Labute approximate surface area is 84.8 Å². The van der Waals surface area contributed by atoms with Crippen LogP contribution in [-0.4, -0.2) is 11.4 Å². The van der Waals surface area contributed by atoms with Gasteiger partial charge in [-0.15, -0.1) is 11.3 Å². The van der Waals surface area contributed by atoms with Crippen LogP contribution in [0.2, 0.25) is 0 Å². The molecule has 0 aliphatic carbocycles. The summed E-state index contributed by atoms with van der Waals surface area (Å²) in [5, 5.41) is 9.94. The molecule has 1 aromatic heterocycles. The Kier molecular flexibility index (Phi) is 2.23. The number of nitrogens with two attached hydrogens (primary N) is 1. The van der Waals surface area contributed by atoms with Crippen LogP contribution in [0.4, 0.5) is 5.69 Å². The molecule has 3 N–H and O–H groups in total. The van der Waals surface area contributed by atoms with Gasteiger partial charge in [0.2, 0.25) is 0 Å². The van der Waals surface area contributed by atoms with E-state index in [9.17, 15) is 4.79 Å². The molecule has 3 nitrogen and oxygen atoms in total. The molecule has 0 amide bonds. The van der Waals surface area contributed by atoms with Gasteiger partial charge in [-0.05, 0) is 5.56 Å². The summed E-state index contributed by atoms with van der Waals surface area (Å²) in [6, 6.07) is 5.51. The van der Waals surface area contributed by atoms with Gasteiger partial charge in [-0.3, -0.25) is 4.79 Å². The average Bonchev–Trinajstić information content (AvgIpc) is 2.55. The number of thiophene rings is 1. The number of carbonyl (C=O) groups excluding carboxylic acids is 1. The maximum absolute atomic E-state index is 10.7. The highest BCUT2D eigenvalue weighted by atomic mass is 32.1. The van der Waals surface area contributed by atoms with Crippen LogP contribution in [-0.2, 0) is 6.61 Å². The second-order valence-corrected chi connectivity index (χ2v) is 4.00. The highest BCUT2D eigenvalue weighted by Gasteiger charge is 2.10. The van der Waals surface area contributed by atoms with E-state index in [1.807, 2.05) is 18.2 Å². The summed E-state index contributed by atoms with van der Waals surface area (Å²) in [6.45, 7) is -0.0322. The number of aliphatic hydroxyl groups is 1. The first-order valence-electron chi connectivity index (χ1n) is 4.14. The fourth-order valence-corrected chi connectivity index (χ4v) is 2.47. The van der Waals surface area contributed by atoms with Crippen molar-refractivity contribution >= 4 is 33.4 Å². The first-order valence-corrected chi connectivity index (χ1v) is 4.95. The van der Waals surface area contributed by atoms with Gasteiger partial charge in [0.15, 0.2) is 6.29 Å². The molecule has 4 heteroatoms. The van der Waals surface area contributed by atoms with E-state index in [2.05, 4.69) is 0 Å². The summed E-state index contributed by atoms with van der Waals surface area (Å²) < 4.78 is 0.898. The highest BCUT2D eigenvalue weighted by molar-refractivity contribution is 7.21. The fraction of sp³-hybridized carbons (Fsp3) is 0.100. The van der Waals surface area contributed by atoms with E-state index in [-0.39, 0.29) is 6.61 Å². The molecule has 1 aromatic carbocycles. The minimum Gasteiger partial charge on any atom is -0.397 e. The van der Waals surface area contributed by atoms with Crippen LogP contribution >= 0.6 is 11.3 Å². The number of fused-ring (bicyclic) bond motifs is 1. The molecular formula is C10H9NO2S. The zero-order valence-electron chi connectivity index (χ0n) is 7.36. The molecule has 0 saturated heterocycles. The predicted octanol–water partition coefficient (Wildman–Crippen LogP) is 1.79. The number of hydrogen-bond acceptors (Lipinski definition) is 4. The number of nitrogen functional groups attached to an aromatic ring is 1. The maximum Gasteiger partial charge on any atom is 0.162 e. The van der Waals surface area contributed by atoms with Crippen molar-refractivity contribution in [2.75, 3.05) is 5.73 Å². The molecule has 0 fully saturated rings. The van der Waals surface area contributed by atoms with E-state index in [0.29, 0.717) is 10.6 Å². The predicted molar refractivity (Wildman–Crippen MR) is 57.5 cm³/mol. The summed E-state index contributed by atoms with van der Waals surface area (Å²) in [5.74, 6) is 0. The lowest BCUT2D eigenvalue weighted by atomic mass is 10.1. The van der Waals surface area contributed by atoms with Crippen LogP contribution in [0, 0.1) is 0 Å². The number of hydrogen-bond donors (Lipinski definition) is 2. The molecule has 14 heavy (non-hydrogen) atoms. The van der Waals surface area contributed by atoms with Crippen molar-refractivity contribution in [2.24, 2.45) is 0 Å². The van der Waals surface area contributed by atoms with Crippen LogP contribution in [0.3, 0.4) is 0 Å². The molecule has 1 heterocycles. The SMILES string of the molecule is Nc1c(C=O)sc2c(CO)cccc12. The molecule has 0 saturated carbocycles. The minimum absolute atomic E-state index is 0.0322. The fourth-order valence-electron chi connectivity index (χ4n) is 1.43. The van der Waals surface area contributed by atoms with E-state index in [4.69, 9.17) is 10.8 Å². The maximum atomic E-state index is 10.7. The Balaban J connectivity index is 2.83. The smallest absolute Gasteiger partial charge is 0.162 e. The molecule has 72 valence electrons. The number of carbonyl (C=O) groups is 1. The molecule has 0 spiro atoms. The molecule has 0 radical (unpaired) electrons. The van der Waals surface area contributed by atoms with Crippen molar-refractivity contribution in [1.29, 1.82) is 0 Å². The van der Waals surface area contributed by atoms with Crippen LogP contribution < -0.4 is 5.73 Å². The van der Waals surface area contributed by atoms with Crippen molar-refractivity contribution in [3.63, 3.8) is 0 Å². The van der Waals surface area contributed by atoms with Crippen LogP contribution in [0.15, 0.2) is 18.2 Å². The van der Waals surface area contributed by atoms with Crippen molar-refractivity contribution in [2.45, 2.75) is 6.61 Å². The normalized spacial score (nSPS) is 10.6. The first kappa shape index (κ1) is 9.18. The summed E-state index contributed by atoms with van der Waals surface area (Å²) in [4.78, 5) is 11.2. The minimum atomic E-state index is -0.0322. The Hall–Kier alpha value is -1.39. The van der Waals surface area contributed by atoms with Gasteiger partial charge in [0, 0.05) is 10.1 Å². The van der Waals surface area contributed by atoms with Crippen LogP contribution in [0.5, 0.6) is 0 Å². The molecule has 0 atom stereocenters. The van der Waals surface area contributed by atoms with Gasteiger partial charge in [0.05, 0.1) is 17.2 Å². The topological polar surface area (TPSA) is 63.3 Å². The third-order valence-corrected chi connectivity index (χ3v) is 3.36. The molecular weight excluding hydrogens is 198 g/mol. The van der Waals surface area contributed by atoms with Gasteiger partial charge < -0.3 is 10.8 Å². The molecule has 2 rings (SSSR count). The van der Waals surface area contributed by atoms with Crippen LogP contribution in [0.1, 0.15) is 15.2 Å². The summed E-state index contributed by atoms with van der Waals surface area (Å²) in [5.41, 5.74) is 7.09. The standard InChI is InChI=1S/C10H9NO2S/c11-9-7-3-1-2-6(4-12)10(7)14-8(9)5-13/h1-3,5,12H,4,11H2. The second kappa shape index (κ2) is 3.40. The Bertz CT molecular complexity index is 490. The Morgan fingerprint density at radius 1 is 1.50 bits per heavy atom. The molecule has 0 aliphatic heterocycles. The number of aldehydes is 1. The lowest BCUT2D eigenvalue weighted by Gasteiger charge is -1.97. The van der Waals surface area contributed by atoms with E-state index < -0.39 is 0 Å².